The largest absolute Gasteiger partial charge is 0.496 e. The highest BCUT2D eigenvalue weighted by molar-refractivity contribution is 5.39. The van der Waals surface area contributed by atoms with Crippen LogP contribution < -0.4 is 10.1 Å². The molecule has 1 rings (SSSR count). The van der Waals surface area contributed by atoms with Gasteiger partial charge in [0.25, 0.3) is 0 Å². The first-order chi connectivity index (χ1) is 8.10. The SMILES string of the molecule is C=CCNC(C)C(O)c1cc(C)ccc1OC. The molecule has 0 aliphatic rings. The van der Waals surface area contributed by atoms with Gasteiger partial charge in [-0.2, -0.15) is 0 Å². The Morgan fingerprint density at radius 3 is 2.82 bits per heavy atom. The van der Waals surface area contributed by atoms with Crippen molar-refractivity contribution >= 4 is 0 Å². The van der Waals surface area contributed by atoms with Crippen LogP contribution in [0.1, 0.15) is 24.2 Å². The maximum absolute atomic E-state index is 10.3. The van der Waals surface area contributed by atoms with Crippen LogP contribution in [0.15, 0.2) is 30.9 Å². The molecular weight excluding hydrogens is 214 g/mol. The molecule has 17 heavy (non-hydrogen) atoms. The van der Waals surface area contributed by atoms with E-state index in [-0.39, 0.29) is 6.04 Å². The van der Waals surface area contributed by atoms with E-state index in [4.69, 9.17) is 4.74 Å². The summed E-state index contributed by atoms with van der Waals surface area (Å²) in [6, 6.07) is 5.75. The quantitative estimate of drug-likeness (QED) is 0.743. The number of nitrogens with one attached hydrogen (secondary N) is 1. The zero-order valence-corrected chi connectivity index (χ0v) is 10.7. The van der Waals surface area contributed by atoms with Crippen LogP contribution in [0.2, 0.25) is 0 Å². The van der Waals surface area contributed by atoms with Gasteiger partial charge in [-0.15, -0.1) is 6.58 Å². The van der Waals surface area contributed by atoms with Crippen LogP contribution in [0.4, 0.5) is 0 Å². The Bertz CT molecular complexity index is 376. The van der Waals surface area contributed by atoms with Gasteiger partial charge in [-0.25, -0.2) is 0 Å². The molecule has 0 fully saturated rings. The van der Waals surface area contributed by atoms with Gasteiger partial charge in [-0.05, 0) is 26.0 Å². The second kappa shape index (κ2) is 6.42. The lowest BCUT2D eigenvalue weighted by Crippen LogP contribution is -2.32. The van der Waals surface area contributed by atoms with E-state index in [0.29, 0.717) is 6.54 Å². The third kappa shape index (κ3) is 3.58. The minimum atomic E-state index is -0.593. The van der Waals surface area contributed by atoms with E-state index >= 15 is 0 Å². The molecule has 1 aromatic rings. The van der Waals surface area contributed by atoms with Crippen molar-refractivity contribution in [2.75, 3.05) is 13.7 Å². The number of ether oxygens (including phenoxy) is 1. The molecule has 2 N–H and O–H groups in total. The van der Waals surface area contributed by atoms with Crippen molar-refractivity contribution in [1.82, 2.24) is 5.32 Å². The van der Waals surface area contributed by atoms with E-state index < -0.39 is 6.10 Å². The molecule has 0 aliphatic carbocycles. The number of aryl methyl sites for hydroxylation is 1. The number of methoxy groups -OCH3 is 1. The van der Waals surface area contributed by atoms with Crippen LogP contribution >= 0.6 is 0 Å². The molecule has 0 spiro atoms. The van der Waals surface area contributed by atoms with Gasteiger partial charge in [-0.1, -0.05) is 17.7 Å². The molecule has 2 atom stereocenters. The van der Waals surface area contributed by atoms with Crippen LogP contribution in [-0.4, -0.2) is 24.8 Å². The first-order valence-corrected chi connectivity index (χ1v) is 5.77. The third-order valence-electron chi connectivity index (χ3n) is 2.76. The summed E-state index contributed by atoms with van der Waals surface area (Å²) in [6.45, 7) is 8.25. The molecule has 0 saturated carbocycles. The van der Waals surface area contributed by atoms with Crippen molar-refractivity contribution in [1.29, 1.82) is 0 Å². The van der Waals surface area contributed by atoms with Crippen molar-refractivity contribution in [2.24, 2.45) is 0 Å². The molecule has 0 aliphatic heterocycles. The van der Waals surface area contributed by atoms with Crippen molar-refractivity contribution in [2.45, 2.75) is 26.0 Å². The summed E-state index contributed by atoms with van der Waals surface area (Å²) in [6.07, 6.45) is 1.18. The molecule has 1 aromatic carbocycles. The molecule has 0 aromatic heterocycles. The molecule has 3 nitrogen and oxygen atoms in total. The molecule has 3 heteroatoms. The number of hydrogen-bond acceptors (Lipinski definition) is 3. The van der Waals surface area contributed by atoms with Gasteiger partial charge < -0.3 is 15.2 Å². The summed E-state index contributed by atoms with van der Waals surface area (Å²) in [4.78, 5) is 0. The summed E-state index contributed by atoms with van der Waals surface area (Å²) in [5.74, 6) is 0.718. The van der Waals surface area contributed by atoms with E-state index in [1.165, 1.54) is 0 Å². The number of aliphatic hydroxyl groups excluding tert-OH is 1. The molecule has 0 saturated heterocycles. The van der Waals surface area contributed by atoms with Gasteiger partial charge in [0.2, 0.25) is 0 Å². The predicted molar refractivity (Wildman–Crippen MR) is 70.4 cm³/mol. The number of rotatable bonds is 6. The van der Waals surface area contributed by atoms with Crippen molar-refractivity contribution < 1.29 is 9.84 Å². The van der Waals surface area contributed by atoms with Gasteiger partial charge in [0, 0.05) is 18.2 Å². The van der Waals surface area contributed by atoms with Crippen LogP contribution in [-0.2, 0) is 0 Å². The summed E-state index contributed by atoms with van der Waals surface area (Å²) >= 11 is 0. The Hall–Kier alpha value is -1.32. The second-order valence-electron chi connectivity index (χ2n) is 4.18. The zero-order valence-electron chi connectivity index (χ0n) is 10.7. The van der Waals surface area contributed by atoms with Gasteiger partial charge in [0.1, 0.15) is 5.75 Å². The fourth-order valence-electron chi connectivity index (χ4n) is 1.74. The Balaban J connectivity index is 2.89. The molecule has 0 heterocycles. The summed E-state index contributed by atoms with van der Waals surface area (Å²) in [5, 5.41) is 13.5. The molecule has 0 bridgehead atoms. The van der Waals surface area contributed by atoms with Crippen molar-refractivity contribution in [3.05, 3.63) is 42.0 Å². The molecule has 0 radical (unpaired) electrons. The lowest BCUT2D eigenvalue weighted by atomic mass is 10.0. The summed E-state index contributed by atoms with van der Waals surface area (Å²) in [5.41, 5.74) is 1.92. The highest BCUT2D eigenvalue weighted by Crippen LogP contribution is 2.28. The minimum absolute atomic E-state index is 0.0521. The van der Waals surface area contributed by atoms with E-state index in [2.05, 4.69) is 11.9 Å². The number of hydrogen-bond donors (Lipinski definition) is 2. The Morgan fingerprint density at radius 1 is 1.53 bits per heavy atom. The fourth-order valence-corrected chi connectivity index (χ4v) is 1.74. The maximum atomic E-state index is 10.3. The highest BCUT2D eigenvalue weighted by atomic mass is 16.5. The monoisotopic (exact) mass is 235 g/mol. The zero-order chi connectivity index (χ0) is 12.8. The van der Waals surface area contributed by atoms with E-state index in [0.717, 1.165) is 16.9 Å². The fraction of sp³-hybridized carbons (Fsp3) is 0.429. The van der Waals surface area contributed by atoms with E-state index in [9.17, 15) is 5.11 Å². The first kappa shape index (κ1) is 13.7. The third-order valence-corrected chi connectivity index (χ3v) is 2.76. The van der Waals surface area contributed by atoms with Crippen LogP contribution in [0.3, 0.4) is 0 Å². The van der Waals surface area contributed by atoms with Gasteiger partial charge >= 0.3 is 0 Å². The van der Waals surface area contributed by atoms with Crippen LogP contribution in [0, 0.1) is 6.92 Å². The highest BCUT2D eigenvalue weighted by Gasteiger charge is 2.19. The van der Waals surface area contributed by atoms with Gasteiger partial charge in [0.05, 0.1) is 13.2 Å². The van der Waals surface area contributed by atoms with E-state index in [1.807, 2.05) is 32.0 Å². The molecule has 94 valence electrons. The van der Waals surface area contributed by atoms with Crippen molar-refractivity contribution in [3.8, 4) is 5.75 Å². The summed E-state index contributed by atoms with van der Waals surface area (Å²) in [7, 11) is 1.61. The van der Waals surface area contributed by atoms with Gasteiger partial charge in [0.15, 0.2) is 0 Å². The summed E-state index contributed by atoms with van der Waals surface area (Å²) < 4.78 is 5.27. The number of benzene rings is 1. The van der Waals surface area contributed by atoms with Crippen LogP contribution in [0.5, 0.6) is 5.75 Å². The first-order valence-electron chi connectivity index (χ1n) is 5.77. The van der Waals surface area contributed by atoms with Crippen LogP contribution in [0.25, 0.3) is 0 Å². The number of aliphatic hydroxyl groups is 1. The standard InChI is InChI=1S/C14H21NO2/c1-5-8-15-11(3)14(16)12-9-10(2)6-7-13(12)17-4/h5-7,9,11,14-16H,1,8H2,2-4H3. The van der Waals surface area contributed by atoms with Crippen molar-refractivity contribution in [3.63, 3.8) is 0 Å². The lowest BCUT2D eigenvalue weighted by molar-refractivity contribution is 0.134. The van der Waals surface area contributed by atoms with Gasteiger partial charge in [-0.3, -0.25) is 0 Å². The predicted octanol–water partition coefficient (Wildman–Crippen LogP) is 2.20. The Kier molecular flexibility index (Phi) is 5.19. The second-order valence-corrected chi connectivity index (χ2v) is 4.18. The van der Waals surface area contributed by atoms with E-state index in [1.54, 1.807) is 13.2 Å². The topological polar surface area (TPSA) is 41.5 Å². The average molecular weight is 235 g/mol. The Labute approximate surface area is 103 Å². The average Bonchev–Trinajstić information content (AvgIpc) is 2.34. The minimum Gasteiger partial charge on any atom is -0.496 e. The molecular formula is C14H21NO2. The normalized spacial score (nSPS) is 14.1. The molecule has 0 amide bonds. The Morgan fingerprint density at radius 2 is 2.24 bits per heavy atom. The molecule has 2 unspecified atom stereocenters. The smallest absolute Gasteiger partial charge is 0.124 e. The maximum Gasteiger partial charge on any atom is 0.124 e. The lowest BCUT2D eigenvalue weighted by Gasteiger charge is -2.22.